The van der Waals surface area contributed by atoms with E-state index in [1.807, 2.05) is 13.8 Å². The van der Waals surface area contributed by atoms with Gasteiger partial charge >= 0.3 is 6.18 Å². The summed E-state index contributed by atoms with van der Waals surface area (Å²) < 4.78 is 44.9. The molecule has 0 radical (unpaired) electrons. The van der Waals surface area contributed by atoms with Gasteiger partial charge in [-0.15, -0.1) is 11.3 Å². The molecule has 0 aliphatic heterocycles. The third-order valence-electron chi connectivity index (χ3n) is 4.16. The molecule has 0 saturated heterocycles. The average Bonchev–Trinajstić information content (AvgIpc) is 2.99. The summed E-state index contributed by atoms with van der Waals surface area (Å²) in [4.78, 5) is 15.5. The number of nitrogens with zero attached hydrogens (tertiary/aromatic N) is 1. The van der Waals surface area contributed by atoms with E-state index in [2.05, 4.69) is 10.3 Å². The molecule has 3 aromatic rings. The van der Waals surface area contributed by atoms with Crippen molar-refractivity contribution < 1.29 is 22.7 Å². The largest absolute Gasteiger partial charge is 0.486 e. The first-order chi connectivity index (χ1) is 12.6. The number of ether oxygens (including phenoxy) is 1. The Balaban J connectivity index is 1.78. The highest BCUT2D eigenvalue weighted by molar-refractivity contribution is 7.18. The van der Waals surface area contributed by atoms with E-state index in [0.29, 0.717) is 26.7 Å². The Kier molecular flexibility index (Phi) is 5.10. The fourth-order valence-electron chi connectivity index (χ4n) is 2.63. The molecule has 4 nitrogen and oxygen atoms in total. The average molecular weight is 394 g/mol. The zero-order valence-corrected chi connectivity index (χ0v) is 15.7. The molecule has 0 bridgehead atoms. The second-order valence-electron chi connectivity index (χ2n) is 6.12. The van der Waals surface area contributed by atoms with Crippen LogP contribution in [-0.2, 0) is 17.6 Å². The van der Waals surface area contributed by atoms with Crippen LogP contribution in [0.4, 0.5) is 18.9 Å². The van der Waals surface area contributed by atoms with E-state index >= 15 is 0 Å². The van der Waals surface area contributed by atoms with Gasteiger partial charge in [0, 0.05) is 12.6 Å². The fraction of sp³-hybridized carbons (Fsp3) is 0.263. The van der Waals surface area contributed by atoms with Crippen molar-refractivity contribution in [1.29, 1.82) is 0 Å². The minimum absolute atomic E-state index is 0.153. The number of fused-ring (bicyclic) bond motifs is 1. The van der Waals surface area contributed by atoms with E-state index in [9.17, 15) is 18.0 Å². The molecule has 0 spiro atoms. The van der Waals surface area contributed by atoms with Gasteiger partial charge in [-0.1, -0.05) is 0 Å². The summed E-state index contributed by atoms with van der Waals surface area (Å²) in [5.41, 5.74) is 2.07. The van der Waals surface area contributed by atoms with Crippen LogP contribution in [0, 0.1) is 13.8 Å². The van der Waals surface area contributed by atoms with Crippen LogP contribution in [-0.4, -0.2) is 10.9 Å². The van der Waals surface area contributed by atoms with Gasteiger partial charge in [-0.3, -0.25) is 4.79 Å². The van der Waals surface area contributed by atoms with Gasteiger partial charge in [-0.2, -0.15) is 13.2 Å². The Hall–Kier alpha value is -2.61. The Morgan fingerprint density at radius 2 is 1.93 bits per heavy atom. The van der Waals surface area contributed by atoms with Crippen LogP contribution in [0.5, 0.6) is 5.75 Å². The maximum absolute atomic E-state index is 12.8. The molecule has 1 aromatic heterocycles. The number of hydrogen-bond donors (Lipinski definition) is 1. The van der Waals surface area contributed by atoms with Crippen molar-refractivity contribution in [2.75, 3.05) is 5.32 Å². The van der Waals surface area contributed by atoms with Crippen molar-refractivity contribution in [3.05, 3.63) is 52.0 Å². The summed E-state index contributed by atoms with van der Waals surface area (Å²) in [6.45, 7) is 5.35. The van der Waals surface area contributed by atoms with Crippen LogP contribution < -0.4 is 10.1 Å². The molecule has 0 fully saturated rings. The van der Waals surface area contributed by atoms with E-state index in [1.165, 1.54) is 24.3 Å². The van der Waals surface area contributed by atoms with Crippen molar-refractivity contribution in [3.63, 3.8) is 0 Å². The molecule has 0 aliphatic carbocycles. The van der Waals surface area contributed by atoms with Gasteiger partial charge in [0.05, 0.1) is 15.8 Å². The summed E-state index contributed by atoms with van der Waals surface area (Å²) in [5, 5.41) is 3.34. The van der Waals surface area contributed by atoms with Gasteiger partial charge in [0.2, 0.25) is 5.91 Å². The second-order valence-corrected chi connectivity index (χ2v) is 7.23. The first-order valence-electron chi connectivity index (χ1n) is 8.12. The van der Waals surface area contributed by atoms with Crippen LogP contribution in [0.1, 0.15) is 28.6 Å². The monoisotopic (exact) mass is 394 g/mol. The van der Waals surface area contributed by atoms with Crippen LogP contribution in [0.15, 0.2) is 30.3 Å². The van der Waals surface area contributed by atoms with Crippen LogP contribution in [0.3, 0.4) is 0 Å². The van der Waals surface area contributed by atoms with Gasteiger partial charge in [0.25, 0.3) is 0 Å². The van der Waals surface area contributed by atoms with E-state index < -0.39 is 11.7 Å². The predicted molar refractivity (Wildman–Crippen MR) is 99.2 cm³/mol. The normalized spacial score (nSPS) is 11.6. The summed E-state index contributed by atoms with van der Waals surface area (Å²) in [5.74, 6) is 0.482. The number of halogens is 3. The number of rotatable bonds is 4. The number of carbonyl (C=O) groups is 1. The third-order valence-corrected chi connectivity index (χ3v) is 5.17. The topological polar surface area (TPSA) is 51.2 Å². The Bertz CT molecular complexity index is 1010. The molecule has 1 N–H and O–H groups in total. The summed E-state index contributed by atoms with van der Waals surface area (Å²) >= 11 is 1.30. The first kappa shape index (κ1) is 19.2. The lowest BCUT2D eigenvalue weighted by Gasteiger charge is -2.14. The molecule has 142 valence electrons. The van der Waals surface area contributed by atoms with Crippen LogP contribution in [0.25, 0.3) is 10.2 Å². The quantitative estimate of drug-likeness (QED) is 0.638. The number of aromatic nitrogens is 1. The second kappa shape index (κ2) is 7.19. The number of hydrogen-bond acceptors (Lipinski definition) is 4. The number of anilines is 1. The van der Waals surface area contributed by atoms with Crippen LogP contribution >= 0.6 is 11.3 Å². The molecule has 2 aromatic carbocycles. The Morgan fingerprint density at radius 1 is 1.19 bits per heavy atom. The maximum Gasteiger partial charge on any atom is 0.416 e. The van der Waals surface area contributed by atoms with Crippen molar-refractivity contribution in [3.8, 4) is 5.75 Å². The van der Waals surface area contributed by atoms with Gasteiger partial charge in [0.15, 0.2) is 0 Å². The molecular formula is C19H17F3N2O2S. The first-order valence-corrected chi connectivity index (χ1v) is 8.94. The van der Waals surface area contributed by atoms with E-state index in [-0.39, 0.29) is 12.5 Å². The molecule has 0 aliphatic rings. The molecule has 3 rings (SSSR count). The molecule has 1 heterocycles. The van der Waals surface area contributed by atoms with Crippen molar-refractivity contribution >= 4 is 33.1 Å². The zero-order chi connectivity index (χ0) is 19.8. The lowest BCUT2D eigenvalue weighted by Crippen LogP contribution is -2.08. The lowest BCUT2D eigenvalue weighted by molar-refractivity contribution is -0.137. The van der Waals surface area contributed by atoms with Crippen molar-refractivity contribution in [2.45, 2.75) is 33.6 Å². The molecule has 0 saturated carbocycles. The molecule has 0 atom stereocenters. The highest BCUT2D eigenvalue weighted by atomic mass is 32.1. The van der Waals surface area contributed by atoms with E-state index in [0.717, 1.165) is 23.3 Å². The van der Waals surface area contributed by atoms with Crippen molar-refractivity contribution in [1.82, 2.24) is 4.98 Å². The molecule has 8 heteroatoms. The van der Waals surface area contributed by atoms with Crippen molar-refractivity contribution in [2.24, 2.45) is 0 Å². The smallest absolute Gasteiger partial charge is 0.416 e. The highest BCUT2D eigenvalue weighted by Gasteiger charge is 2.30. The molecule has 1 amide bonds. The Morgan fingerprint density at radius 3 is 2.59 bits per heavy atom. The van der Waals surface area contributed by atoms with Gasteiger partial charge in [-0.05, 0) is 55.3 Å². The number of amides is 1. The van der Waals surface area contributed by atoms with Crippen LogP contribution in [0.2, 0.25) is 0 Å². The van der Waals surface area contributed by atoms with E-state index in [1.54, 1.807) is 12.1 Å². The maximum atomic E-state index is 12.8. The number of thiazole rings is 1. The Labute approximate surface area is 158 Å². The van der Waals surface area contributed by atoms with Gasteiger partial charge < -0.3 is 10.1 Å². The SMILES string of the molecule is CC(=O)Nc1ccc(OCc2nc3cc(C(F)(F)F)ccc3s2)c(C)c1C. The van der Waals surface area contributed by atoms with E-state index in [4.69, 9.17) is 4.74 Å². The standard InChI is InChI=1S/C19H17F3N2O2S/c1-10-11(2)16(6-5-14(10)23-12(3)25)26-9-18-24-15-8-13(19(20,21)22)4-7-17(15)27-18/h4-8H,9H2,1-3H3,(H,23,25). The number of carbonyl (C=O) groups excluding carboxylic acids is 1. The van der Waals surface area contributed by atoms with Gasteiger partial charge in [-0.25, -0.2) is 4.98 Å². The molecule has 27 heavy (non-hydrogen) atoms. The summed E-state index contributed by atoms with van der Waals surface area (Å²) in [6.07, 6.45) is -4.39. The summed E-state index contributed by atoms with van der Waals surface area (Å²) in [7, 11) is 0. The number of nitrogens with one attached hydrogen (secondary N) is 1. The van der Waals surface area contributed by atoms with Gasteiger partial charge in [0.1, 0.15) is 17.4 Å². The third kappa shape index (κ3) is 4.21. The predicted octanol–water partition coefficient (Wildman–Crippen LogP) is 5.47. The number of benzene rings is 2. The summed E-state index contributed by atoms with van der Waals surface area (Å²) in [6, 6.07) is 7.04. The molecular weight excluding hydrogens is 377 g/mol. The minimum atomic E-state index is -4.39. The minimum Gasteiger partial charge on any atom is -0.486 e. The highest BCUT2D eigenvalue weighted by Crippen LogP contribution is 2.33. The fourth-order valence-corrected chi connectivity index (χ4v) is 3.49. The lowest BCUT2D eigenvalue weighted by atomic mass is 10.1. The zero-order valence-electron chi connectivity index (χ0n) is 14.9. The number of alkyl halides is 3. The molecule has 0 unspecified atom stereocenters.